The highest BCUT2D eigenvalue weighted by Gasteiger charge is 2.28. The van der Waals surface area contributed by atoms with Crippen LogP contribution in [0.15, 0.2) is 22.6 Å². The third-order valence-corrected chi connectivity index (χ3v) is 8.03. The summed E-state index contributed by atoms with van der Waals surface area (Å²) in [6.07, 6.45) is 5.14. The zero-order chi connectivity index (χ0) is 20.4. The Bertz CT molecular complexity index is 947. The molecule has 7 heteroatoms. The van der Waals surface area contributed by atoms with Gasteiger partial charge in [-0.3, -0.25) is 14.2 Å². The van der Waals surface area contributed by atoms with Crippen LogP contribution in [0.25, 0.3) is 10.2 Å². The van der Waals surface area contributed by atoms with Crippen LogP contribution in [0, 0.1) is 25.7 Å². The first kappa shape index (κ1) is 21.1. The van der Waals surface area contributed by atoms with E-state index in [2.05, 4.69) is 25.7 Å². The molecule has 1 fully saturated rings. The maximum atomic E-state index is 13.0. The molecule has 5 nitrogen and oxygen atoms in total. The molecule has 152 valence electrons. The number of thiophene rings is 1. The summed E-state index contributed by atoms with van der Waals surface area (Å²) in [4.78, 5) is 32.1. The van der Waals surface area contributed by atoms with Gasteiger partial charge in [-0.1, -0.05) is 44.5 Å². The third-order valence-electron chi connectivity index (χ3n) is 5.95. The van der Waals surface area contributed by atoms with E-state index >= 15 is 0 Å². The average molecular weight is 420 g/mol. The molecule has 1 amide bonds. The summed E-state index contributed by atoms with van der Waals surface area (Å²) >= 11 is 2.86. The quantitative estimate of drug-likeness (QED) is 0.431. The van der Waals surface area contributed by atoms with E-state index in [1.54, 1.807) is 10.6 Å². The average Bonchev–Trinajstić information content (AvgIpc) is 2.94. The van der Waals surface area contributed by atoms with Crippen molar-refractivity contribution in [3.63, 3.8) is 0 Å². The van der Waals surface area contributed by atoms with Crippen molar-refractivity contribution in [1.29, 1.82) is 0 Å². The SMILES string of the molecule is C=CCn1c(SCC(=O)N[C@H]2CCC[C@@H](C)[C@@H]2C)nc2sc(C)c(C)c2c1=O. The number of aryl methyl sites for hydroxylation is 2. The minimum absolute atomic E-state index is 0.00832. The lowest BCUT2D eigenvalue weighted by atomic mass is 9.78. The van der Waals surface area contributed by atoms with E-state index in [0.29, 0.717) is 28.9 Å². The minimum atomic E-state index is -0.0515. The second-order valence-electron chi connectivity index (χ2n) is 7.79. The smallest absolute Gasteiger partial charge is 0.263 e. The number of thioether (sulfide) groups is 1. The van der Waals surface area contributed by atoms with Crippen LogP contribution in [0.3, 0.4) is 0 Å². The number of hydrogen-bond donors (Lipinski definition) is 1. The van der Waals surface area contributed by atoms with Gasteiger partial charge in [-0.05, 0) is 37.7 Å². The Morgan fingerprint density at radius 1 is 1.39 bits per heavy atom. The molecular weight excluding hydrogens is 390 g/mol. The zero-order valence-electron chi connectivity index (χ0n) is 17.1. The molecule has 1 N–H and O–H groups in total. The van der Waals surface area contributed by atoms with E-state index in [1.165, 1.54) is 29.5 Å². The van der Waals surface area contributed by atoms with Gasteiger partial charge in [-0.15, -0.1) is 17.9 Å². The van der Waals surface area contributed by atoms with Gasteiger partial charge >= 0.3 is 0 Å². The fourth-order valence-electron chi connectivity index (χ4n) is 3.87. The highest BCUT2D eigenvalue weighted by molar-refractivity contribution is 7.99. The summed E-state index contributed by atoms with van der Waals surface area (Å²) in [5, 5.41) is 4.46. The first-order chi connectivity index (χ1) is 13.3. The van der Waals surface area contributed by atoms with Gasteiger partial charge in [0.2, 0.25) is 5.91 Å². The first-order valence-corrected chi connectivity index (χ1v) is 11.7. The minimum Gasteiger partial charge on any atom is -0.352 e. The van der Waals surface area contributed by atoms with Gasteiger partial charge in [-0.25, -0.2) is 4.98 Å². The second kappa shape index (κ2) is 8.82. The van der Waals surface area contributed by atoms with Crippen LogP contribution < -0.4 is 10.9 Å². The largest absolute Gasteiger partial charge is 0.352 e. The molecule has 2 aromatic heterocycles. The van der Waals surface area contributed by atoms with Crippen molar-refractivity contribution in [1.82, 2.24) is 14.9 Å². The van der Waals surface area contributed by atoms with Crippen LogP contribution in [0.2, 0.25) is 0 Å². The molecular formula is C21H29N3O2S2. The van der Waals surface area contributed by atoms with E-state index in [4.69, 9.17) is 4.98 Å². The number of amides is 1. The number of fused-ring (bicyclic) bond motifs is 1. The molecule has 0 bridgehead atoms. The monoisotopic (exact) mass is 419 g/mol. The normalized spacial score (nSPS) is 22.4. The van der Waals surface area contributed by atoms with Crippen LogP contribution in [0.1, 0.15) is 43.6 Å². The third kappa shape index (κ3) is 4.20. The van der Waals surface area contributed by atoms with Crippen molar-refractivity contribution in [2.24, 2.45) is 11.8 Å². The van der Waals surface area contributed by atoms with Crippen molar-refractivity contribution in [3.05, 3.63) is 33.4 Å². The molecule has 1 aliphatic rings. The summed E-state index contributed by atoms with van der Waals surface area (Å²) < 4.78 is 1.62. The number of nitrogens with zero attached hydrogens (tertiary/aromatic N) is 2. The fourth-order valence-corrected chi connectivity index (χ4v) is 5.76. The summed E-state index contributed by atoms with van der Waals surface area (Å²) in [6, 6.07) is 0.241. The van der Waals surface area contributed by atoms with Crippen molar-refractivity contribution in [2.45, 2.75) is 64.7 Å². The van der Waals surface area contributed by atoms with Crippen LogP contribution >= 0.6 is 23.1 Å². The molecule has 0 aliphatic heterocycles. The number of nitrogens with one attached hydrogen (secondary N) is 1. The predicted octanol–water partition coefficient (Wildman–Crippen LogP) is 4.29. The predicted molar refractivity (Wildman–Crippen MR) is 118 cm³/mol. The summed E-state index contributed by atoms with van der Waals surface area (Å²) in [5.74, 6) is 1.40. The van der Waals surface area contributed by atoms with Crippen molar-refractivity contribution >= 4 is 39.2 Å². The Hall–Kier alpha value is -1.60. The lowest BCUT2D eigenvalue weighted by Crippen LogP contribution is -2.44. The topological polar surface area (TPSA) is 64.0 Å². The molecule has 0 spiro atoms. The summed E-state index contributed by atoms with van der Waals surface area (Å²) in [6.45, 7) is 12.6. The molecule has 2 aromatic rings. The van der Waals surface area contributed by atoms with Crippen LogP contribution in [0.5, 0.6) is 0 Å². The maximum Gasteiger partial charge on any atom is 0.263 e. The standard InChI is InChI=1S/C21H29N3O2S2/c1-6-10-24-20(26)18-14(4)15(5)28-19(18)23-21(24)27-11-17(25)22-16-9-7-8-12(2)13(16)3/h6,12-13,16H,1,7-11H2,2-5H3,(H,22,25)/t12-,13+,16+/m1/s1. The first-order valence-electron chi connectivity index (χ1n) is 9.87. The second-order valence-corrected chi connectivity index (χ2v) is 9.94. The van der Waals surface area contributed by atoms with Crippen molar-refractivity contribution in [2.75, 3.05) is 5.75 Å². The molecule has 3 atom stereocenters. The molecule has 0 saturated heterocycles. The van der Waals surface area contributed by atoms with Crippen molar-refractivity contribution < 1.29 is 4.79 Å². The van der Waals surface area contributed by atoms with E-state index in [1.807, 2.05) is 13.8 Å². The fraction of sp³-hybridized carbons (Fsp3) is 0.571. The van der Waals surface area contributed by atoms with E-state index in [-0.39, 0.29) is 23.3 Å². The zero-order valence-corrected chi connectivity index (χ0v) is 18.7. The Labute approximate surface area is 174 Å². The number of carbonyl (C=O) groups excluding carboxylic acids is 1. The van der Waals surface area contributed by atoms with Gasteiger partial charge in [0.15, 0.2) is 5.16 Å². The van der Waals surface area contributed by atoms with Gasteiger partial charge in [0.1, 0.15) is 4.83 Å². The van der Waals surface area contributed by atoms with Gasteiger partial charge in [0.05, 0.1) is 11.1 Å². The van der Waals surface area contributed by atoms with Crippen LogP contribution in [0.4, 0.5) is 0 Å². The number of carbonyl (C=O) groups is 1. The van der Waals surface area contributed by atoms with E-state index in [0.717, 1.165) is 28.1 Å². The molecule has 1 aliphatic carbocycles. The Morgan fingerprint density at radius 2 is 2.14 bits per heavy atom. The van der Waals surface area contributed by atoms with E-state index in [9.17, 15) is 9.59 Å². The Morgan fingerprint density at radius 3 is 2.86 bits per heavy atom. The van der Waals surface area contributed by atoms with Gasteiger partial charge in [0.25, 0.3) is 5.56 Å². The summed E-state index contributed by atoms with van der Waals surface area (Å²) in [5.41, 5.74) is 0.939. The Balaban J connectivity index is 1.78. The van der Waals surface area contributed by atoms with Crippen LogP contribution in [-0.2, 0) is 11.3 Å². The molecule has 0 radical (unpaired) electrons. The lowest BCUT2D eigenvalue weighted by Gasteiger charge is -2.34. The number of aromatic nitrogens is 2. The molecule has 0 unspecified atom stereocenters. The molecule has 0 aromatic carbocycles. The maximum absolute atomic E-state index is 13.0. The number of allylic oxidation sites excluding steroid dienone is 1. The molecule has 3 rings (SSSR count). The lowest BCUT2D eigenvalue weighted by molar-refractivity contribution is -0.120. The van der Waals surface area contributed by atoms with Gasteiger partial charge < -0.3 is 5.32 Å². The Kier molecular flexibility index (Phi) is 6.65. The molecule has 28 heavy (non-hydrogen) atoms. The van der Waals surface area contributed by atoms with Gasteiger partial charge in [0, 0.05) is 17.5 Å². The number of rotatable bonds is 6. The molecule has 2 heterocycles. The number of hydrogen-bond acceptors (Lipinski definition) is 5. The molecule has 1 saturated carbocycles. The highest BCUT2D eigenvalue weighted by Crippen LogP contribution is 2.30. The highest BCUT2D eigenvalue weighted by atomic mass is 32.2. The van der Waals surface area contributed by atoms with Crippen molar-refractivity contribution in [3.8, 4) is 0 Å². The summed E-state index contributed by atoms with van der Waals surface area (Å²) in [7, 11) is 0. The van der Waals surface area contributed by atoms with Gasteiger partial charge in [-0.2, -0.15) is 0 Å². The van der Waals surface area contributed by atoms with E-state index < -0.39 is 0 Å². The van der Waals surface area contributed by atoms with Crippen LogP contribution in [-0.4, -0.2) is 27.3 Å².